The number of hydrogen-bond acceptors (Lipinski definition) is 3. The van der Waals surface area contributed by atoms with Crippen molar-refractivity contribution in [3.63, 3.8) is 0 Å². The number of para-hydroxylation sites is 2. The normalized spacial score (nSPS) is 14.0. The monoisotopic (exact) mass is 939 g/mol. The molecule has 0 saturated carbocycles. The van der Waals surface area contributed by atoms with E-state index in [4.69, 9.17) is 0 Å². The van der Waals surface area contributed by atoms with Gasteiger partial charge >= 0.3 is 0 Å². The second-order valence-electron chi connectivity index (χ2n) is 22.1. The topological polar surface area (TPSA) is 9.72 Å². The van der Waals surface area contributed by atoms with Gasteiger partial charge in [0, 0.05) is 45.4 Å². The highest BCUT2D eigenvalue weighted by atomic mass is 15.2. The van der Waals surface area contributed by atoms with Crippen molar-refractivity contribution in [1.29, 1.82) is 0 Å². The second-order valence-corrected chi connectivity index (χ2v) is 22.1. The molecule has 73 heavy (non-hydrogen) atoms. The third-order valence-electron chi connectivity index (χ3n) is 15.5. The van der Waals surface area contributed by atoms with Crippen molar-refractivity contribution in [2.45, 2.75) is 52.9 Å². The van der Waals surface area contributed by atoms with Crippen LogP contribution in [0.4, 0.5) is 51.2 Å². The lowest BCUT2D eigenvalue weighted by molar-refractivity contribution is 0.392. The molecule has 0 spiro atoms. The Morgan fingerprint density at radius 1 is 0.397 bits per heavy atom. The maximum Gasteiger partial charge on any atom is 0.252 e. The summed E-state index contributed by atoms with van der Waals surface area (Å²) < 4.78 is 0. The van der Waals surface area contributed by atoms with Gasteiger partial charge < -0.3 is 14.7 Å². The molecule has 10 aromatic carbocycles. The Morgan fingerprint density at radius 3 is 1.52 bits per heavy atom. The van der Waals surface area contributed by atoms with E-state index in [2.05, 4.69) is 286 Å². The summed E-state index contributed by atoms with van der Waals surface area (Å²) in [5.74, 6) is 0. The average Bonchev–Trinajstić information content (AvgIpc) is 3.73. The van der Waals surface area contributed by atoms with Crippen LogP contribution in [0.3, 0.4) is 0 Å². The van der Waals surface area contributed by atoms with E-state index in [0.29, 0.717) is 0 Å². The van der Waals surface area contributed by atoms with E-state index in [-0.39, 0.29) is 17.5 Å². The van der Waals surface area contributed by atoms with Gasteiger partial charge in [-0.25, -0.2) is 0 Å². The van der Waals surface area contributed by atoms with Crippen LogP contribution in [0.2, 0.25) is 0 Å². The SMILES string of the molecule is CC1(C)Cc2cc3c(cc2C1)N(c1ccc(C(C)(C)C)cc1-c1ccccc1)c1cc(N(c2ccccc2)c2ccccc2)cc2c1B3c1ccc(-c3ccccc3)cc1N2c1cccc(-c2ccccc2)c1. The minimum absolute atomic E-state index is 0.0522. The van der Waals surface area contributed by atoms with Crippen LogP contribution in [0.25, 0.3) is 33.4 Å². The van der Waals surface area contributed by atoms with Gasteiger partial charge in [-0.3, -0.25) is 0 Å². The molecule has 0 amide bonds. The molecule has 2 aliphatic heterocycles. The molecule has 0 saturated heterocycles. The molecule has 352 valence electrons. The Balaban J connectivity index is 1.18. The molecule has 10 aromatic rings. The maximum absolute atomic E-state index is 2.66. The molecule has 0 atom stereocenters. The van der Waals surface area contributed by atoms with Crippen molar-refractivity contribution < 1.29 is 0 Å². The van der Waals surface area contributed by atoms with Gasteiger partial charge in [-0.2, -0.15) is 0 Å². The minimum Gasteiger partial charge on any atom is -0.311 e. The Morgan fingerprint density at radius 2 is 0.918 bits per heavy atom. The number of benzene rings is 10. The number of fused-ring (bicyclic) bond motifs is 5. The van der Waals surface area contributed by atoms with Crippen molar-refractivity contribution in [3.05, 3.63) is 253 Å². The zero-order valence-corrected chi connectivity index (χ0v) is 42.3. The second kappa shape index (κ2) is 17.5. The predicted octanol–water partition coefficient (Wildman–Crippen LogP) is 16.7. The van der Waals surface area contributed by atoms with Crippen molar-refractivity contribution in [2.75, 3.05) is 14.7 Å². The minimum atomic E-state index is -0.0541. The fourth-order valence-corrected chi connectivity index (χ4v) is 12.1. The van der Waals surface area contributed by atoms with E-state index in [1.807, 2.05) is 0 Å². The van der Waals surface area contributed by atoms with E-state index >= 15 is 0 Å². The molecule has 0 N–H and O–H groups in total. The molecule has 0 fully saturated rings. The van der Waals surface area contributed by atoms with Gasteiger partial charge in [0.15, 0.2) is 0 Å². The molecule has 1 aliphatic carbocycles. The van der Waals surface area contributed by atoms with Crippen molar-refractivity contribution in [3.8, 4) is 33.4 Å². The Kier molecular flexibility index (Phi) is 10.7. The third-order valence-corrected chi connectivity index (χ3v) is 15.5. The van der Waals surface area contributed by atoms with Gasteiger partial charge in [0.2, 0.25) is 0 Å². The molecule has 3 nitrogen and oxygen atoms in total. The zero-order valence-electron chi connectivity index (χ0n) is 42.3. The largest absolute Gasteiger partial charge is 0.311 e. The van der Waals surface area contributed by atoms with Gasteiger partial charge in [-0.05, 0) is 157 Å². The van der Waals surface area contributed by atoms with Gasteiger partial charge in [0.1, 0.15) is 0 Å². The first kappa shape index (κ1) is 44.6. The highest BCUT2D eigenvalue weighted by Gasteiger charge is 2.46. The summed E-state index contributed by atoms with van der Waals surface area (Å²) in [6.45, 7) is 11.8. The van der Waals surface area contributed by atoms with E-state index < -0.39 is 0 Å². The molecule has 2 heterocycles. The Hall–Kier alpha value is -8.34. The predicted molar refractivity (Wildman–Crippen MR) is 311 cm³/mol. The van der Waals surface area contributed by atoms with Gasteiger partial charge in [-0.15, -0.1) is 0 Å². The van der Waals surface area contributed by atoms with Crippen LogP contribution < -0.4 is 31.1 Å². The number of nitrogens with zero attached hydrogens (tertiary/aromatic N) is 3. The fourth-order valence-electron chi connectivity index (χ4n) is 12.1. The van der Waals surface area contributed by atoms with Crippen molar-refractivity contribution in [1.82, 2.24) is 0 Å². The van der Waals surface area contributed by atoms with E-state index in [0.717, 1.165) is 35.6 Å². The third kappa shape index (κ3) is 7.85. The van der Waals surface area contributed by atoms with Crippen molar-refractivity contribution >= 4 is 74.3 Å². The number of rotatable bonds is 8. The fraction of sp³-hybridized carbons (Fsp3) is 0.130. The summed E-state index contributed by atoms with van der Waals surface area (Å²) in [5, 5.41) is 0. The molecular formula is C69H58BN3. The lowest BCUT2D eigenvalue weighted by atomic mass is 9.33. The summed E-state index contributed by atoms with van der Waals surface area (Å²) >= 11 is 0. The van der Waals surface area contributed by atoms with E-state index in [9.17, 15) is 0 Å². The first-order valence-electron chi connectivity index (χ1n) is 26.0. The van der Waals surface area contributed by atoms with Gasteiger partial charge in [0.05, 0.1) is 11.4 Å². The van der Waals surface area contributed by atoms with Crippen LogP contribution >= 0.6 is 0 Å². The molecule has 13 rings (SSSR count). The van der Waals surface area contributed by atoms with Crippen LogP contribution in [0.15, 0.2) is 237 Å². The summed E-state index contributed by atoms with van der Waals surface area (Å²) in [5.41, 5.74) is 25.8. The highest BCUT2D eigenvalue weighted by Crippen LogP contribution is 2.52. The Bertz CT molecular complexity index is 3660. The van der Waals surface area contributed by atoms with Gasteiger partial charge in [-0.1, -0.05) is 198 Å². The molecular weight excluding hydrogens is 882 g/mol. The summed E-state index contributed by atoms with van der Waals surface area (Å²) in [6.07, 6.45) is 2.09. The number of anilines is 9. The molecule has 0 unspecified atom stereocenters. The first-order chi connectivity index (χ1) is 35.6. The zero-order chi connectivity index (χ0) is 49.4. The quantitative estimate of drug-likeness (QED) is 0.141. The number of hydrogen-bond donors (Lipinski definition) is 0. The standard InChI is InChI=1S/C69H58BN3/c1-68(2,3)54-35-37-62(59(42-54)49-26-15-8-16-27-49)73-64-41-53-46-69(4,5)45-52(53)39-61(64)70-60-36-34-51(48-24-13-7-14-25-48)40-63(60)72(57-33-21-28-50(38-57)47-22-11-6-12-23-47)65-43-58(44-66(73)67(65)70)71(55-29-17-9-18-30-55)56-31-19-10-20-32-56/h6-44H,45-46H2,1-5H3. The average molecular weight is 940 g/mol. The van der Waals surface area contributed by atoms with Crippen LogP contribution in [0.1, 0.15) is 51.3 Å². The molecule has 4 heteroatoms. The summed E-state index contributed by atoms with van der Waals surface area (Å²) in [6, 6.07) is 88.4. The lowest BCUT2D eigenvalue weighted by Gasteiger charge is -2.45. The smallest absolute Gasteiger partial charge is 0.252 e. The summed E-state index contributed by atoms with van der Waals surface area (Å²) in [4.78, 5) is 7.69. The summed E-state index contributed by atoms with van der Waals surface area (Å²) in [7, 11) is 0. The molecule has 0 bridgehead atoms. The van der Waals surface area contributed by atoms with Gasteiger partial charge in [0.25, 0.3) is 6.71 Å². The molecule has 0 aromatic heterocycles. The van der Waals surface area contributed by atoms with Crippen LogP contribution in [-0.4, -0.2) is 6.71 Å². The van der Waals surface area contributed by atoms with Crippen LogP contribution in [0.5, 0.6) is 0 Å². The molecule has 0 radical (unpaired) electrons. The molecule has 3 aliphatic rings. The lowest BCUT2D eigenvalue weighted by Crippen LogP contribution is -2.61. The Labute approximate surface area is 431 Å². The van der Waals surface area contributed by atoms with Crippen molar-refractivity contribution in [2.24, 2.45) is 5.41 Å². The van der Waals surface area contributed by atoms with E-state index in [1.54, 1.807) is 0 Å². The highest BCUT2D eigenvalue weighted by molar-refractivity contribution is 7.00. The first-order valence-corrected chi connectivity index (χ1v) is 26.0. The van der Waals surface area contributed by atoms with E-state index in [1.165, 1.54) is 94.9 Å². The maximum atomic E-state index is 2.66. The van der Waals surface area contributed by atoms with Crippen LogP contribution in [-0.2, 0) is 18.3 Å². The van der Waals surface area contributed by atoms with Crippen LogP contribution in [0, 0.1) is 5.41 Å².